The van der Waals surface area contributed by atoms with E-state index in [0.717, 1.165) is 80.6 Å². The Morgan fingerprint density at radius 2 is 1.95 bits per heavy atom. The number of aromatic nitrogens is 3. The molecule has 5 rings (SSSR count). The fourth-order valence-corrected chi connectivity index (χ4v) is 5.66. The van der Waals surface area contributed by atoms with E-state index in [1.807, 2.05) is 35.5 Å². The zero-order chi connectivity index (χ0) is 27.2. The van der Waals surface area contributed by atoms with Crippen molar-refractivity contribution in [3.63, 3.8) is 0 Å². The molecule has 0 radical (unpaired) electrons. The number of nitrogens with two attached hydrogens (primary N) is 1. The van der Waals surface area contributed by atoms with E-state index in [2.05, 4.69) is 55.2 Å². The van der Waals surface area contributed by atoms with Gasteiger partial charge in [-0.25, -0.2) is 15.0 Å². The molecule has 2 aliphatic rings. The molecule has 2 aliphatic heterocycles. The number of rotatable bonds is 10. The maximum Gasteiger partial charge on any atom is 0.317 e. The summed E-state index contributed by atoms with van der Waals surface area (Å²) in [6, 6.07) is 13.1. The van der Waals surface area contributed by atoms with Crippen LogP contribution in [0.15, 0.2) is 55.0 Å². The predicted octanol–water partition coefficient (Wildman–Crippen LogP) is 3.19. The number of carboxylic acid groups (broad SMARTS) is 1. The Kier molecular flexibility index (Phi) is 8.65. The summed E-state index contributed by atoms with van der Waals surface area (Å²) >= 11 is 0. The summed E-state index contributed by atoms with van der Waals surface area (Å²) in [5, 5.41) is 12.5. The Labute approximate surface area is 229 Å². The molecule has 0 spiro atoms. The number of piperazine rings is 1. The molecular formula is C29H38N8O2. The lowest BCUT2D eigenvalue weighted by Crippen LogP contribution is -2.52. The van der Waals surface area contributed by atoms with Gasteiger partial charge in [0.1, 0.15) is 5.82 Å². The summed E-state index contributed by atoms with van der Waals surface area (Å²) in [5.74, 6) is 0.763. The van der Waals surface area contributed by atoms with Crippen molar-refractivity contribution in [1.29, 1.82) is 0 Å². The van der Waals surface area contributed by atoms with Crippen LogP contribution >= 0.6 is 0 Å². The van der Waals surface area contributed by atoms with Crippen molar-refractivity contribution in [3.8, 4) is 11.1 Å². The van der Waals surface area contributed by atoms with Crippen LogP contribution in [0.4, 0.5) is 17.5 Å². The number of aliphatic carboxylic acids is 1. The van der Waals surface area contributed by atoms with Crippen LogP contribution in [0.25, 0.3) is 11.1 Å². The van der Waals surface area contributed by atoms with E-state index in [9.17, 15) is 4.79 Å². The highest BCUT2D eigenvalue weighted by atomic mass is 16.4. The molecule has 4 N–H and O–H groups in total. The monoisotopic (exact) mass is 530 g/mol. The summed E-state index contributed by atoms with van der Waals surface area (Å²) in [4.78, 5) is 31.6. The van der Waals surface area contributed by atoms with Crippen LogP contribution in [0.2, 0.25) is 0 Å². The molecule has 10 nitrogen and oxygen atoms in total. The highest BCUT2D eigenvalue weighted by Crippen LogP contribution is 2.27. The normalized spacial score (nSPS) is 20.3. The van der Waals surface area contributed by atoms with Gasteiger partial charge in [0.15, 0.2) is 0 Å². The first-order chi connectivity index (χ1) is 19.0. The van der Waals surface area contributed by atoms with E-state index in [1.165, 1.54) is 5.56 Å². The molecule has 206 valence electrons. The lowest BCUT2D eigenvalue weighted by atomic mass is 10.1. The Balaban J connectivity index is 1.22. The van der Waals surface area contributed by atoms with Crippen LogP contribution in [0.1, 0.15) is 31.7 Å². The lowest BCUT2D eigenvalue weighted by molar-refractivity contribution is -0.139. The average molecular weight is 531 g/mol. The average Bonchev–Trinajstić information content (AvgIpc) is 3.39. The maximum absolute atomic E-state index is 11.1. The number of nitrogens with one attached hydrogen (secondary N) is 1. The van der Waals surface area contributed by atoms with Gasteiger partial charge in [0.05, 0.1) is 6.54 Å². The fourth-order valence-electron chi connectivity index (χ4n) is 5.66. The number of anilines is 3. The molecule has 0 bridgehead atoms. The molecule has 0 amide bonds. The van der Waals surface area contributed by atoms with Crippen LogP contribution in [0, 0.1) is 0 Å². The van der Waals surface area contributed by atoms with Crippen molar-refractivity contribution < 1.29 is 9.90 Å². The van der Waals surface area contributed by atoms with Crippen LogP contribution in [0.5, 0.6) is 0 Å². The molecule has 1 aromatic carbocycles. The zero-order valence-electron chi connectivity index (χ0n) is 22.5. The maximum atomic E-state index is 11.1. The van der Waals surface area contributed by atoms with Gasteiger partial charge >= 0.3 is 5.97 Å². The van der Waals surface area contributed by atoms with Gasteiger partial charge in [-0.1, -0.05) is 12.1 Å². The van der Waals surface area contributed by atoms with Crippen molar-refractivity contribution in [1.82, 2.24) is 24.8 Å². The van der Waals surface area contributed by atoms with Gasteiger partial charge in [0.2, 0.25) is 5.95 Å². The minimum absolute atomic E-state index is 0.105. The van der Waals surface area contributed by atoms with Crippen molar-refractivity contribution in [2.75, 3.05) is 49.5 Å². The Bertz CT molecular complexity index is 1250. The van der Waals surface area contributed by atoms with E-state index in [-0.39, 0.29) is 6.54 Å². The van der Waals surface area contributed by atoms with Gasteiger partial charge in [-0.3, -0.25) is 14.6 Å². The smallest absolute Gasteiger partial charge is 0.317 e. The number of carbonyl (C=O) groups is 1. The van der Waals surface area contributed by atoms with Crippen molar-refractivity contribution in [3.05, 3.63) is 60.6 Å². The molecule has 2 atom stereocenters. The van der Waals surface area contributed by atoms with E-state index in [1.54, 1.807) is 6.20 Å². The number of hydrogen-bond acceptors (Lipinski definition) is 9. The van der Waals surface area contributed by atoms with Crippen LogP contribution in [-0.2, 0) is 11.3 Å². The molecule has 2 saturated heterocycles. The van der Waals surface area contributed by atoms with Crippen molar-refractivity contribution >= 4 is 23.4 Å². The first-order valence-electron chi connectivity index (χ1n) is 13.8. The van der Waals surface area contributed by atoms with E-state index < -0.39 is 5.97 Å². The van der Waals surface area contributed by atoms with Gasteiger partial charge in [-0.05, 0) is 68.1 Å². The van der Waals surface area contributed by atoms with Crippen LogP contribution < -0.4 is 16.0 Å². The molecule has 39 heavy (non-hydrogen) atoms. The minimum Gasteiger partial charge on any atom is -0.480 e. The highest BCUT2D eigenvalue weighted by Gasteiger charge is 2.26. The zero-order valence-corrected chi connectivity index (χ0v) is 22.5. The van der Waals surface area contributed by atoms with Crippen LogP contribution in [-0.4, -0.2) is 87.2 Å². The summed E-state index contributed by atoms with van der Waals surface area (Å²) in [5.41, 5.74) is 9.92. The largest absolute Gasteiger partial charge is 0.480 e. The van der Waals surface area contributed by atoms with E-state index >= 15 is 0 Å². The fraction of sp³-hybridized carbons (Fsp3) is 0.448. The molecular weight excluding hydrogens is 492 g/mol. The summed E-state index contributed by atoms with van der Waals surface area (Å²) in [6.07, 6.45) is 8.83. The van der Waals surface area contributed by atoms with Gasteiger partial charge in [-0.2, -0.15) is 0 Å². The van der Waals surface area contributed by atoms with Gasteiger partial charge in [0.25, 0.3) is 0 Å². The molecule has 4 heterocycles. The van der Waals surface area contributed by atoms with E-state index in [0.29, 0.717) is 18.6 Å². The number of carboxylic acids is 1. The number of hydrogen-bond donors (Lipinski definition) is 3. The number of nitrogens with zero attached hydrogens (tertiary/aromatic N) is 6. The summed E-state index contributed by atoms with van der Waals surface area (Å²) in [6.45, 7) is 7.12. The molecule has 2 fully saturated rings. The van der Waals surface area contributed by atoms with Gasteiger partial charge in [-0.15, -0.1) is 0 Å². The number of benzene rings is 1. The molecule has 2 aromatic heterocycles. The third kappa shape index (κ3) is 6.89. The molecule has 0 aliphatic carbocycles. The second-order valence-electron chi connectivity index (χ2n) is 10.5. The standard InChI is InChI=1S/C29H38N8O2/c1-21-18-35(20-28(38)39)12-13-36(21)19-22-4-2-5-25(14-22)34-27-15-23(8-10-31-27)24-16-32-29(33-17-24)37-11-3-6-26(37)7-9-30/h2,4-5,8,10,14-17,21,26H,3,6-7,9,11-13,18-20,30H2,1H3,(H,31,34)(H,38,39). The number of pyridine rings is 1. The summed E-state index contributed by atoms with van der Waals surface area (Å²) < 4.78 is 0. The predicted molar refractivity (Wildman–Crippen MR) is 153 cm³/mol. The third-order valence-corrected chi connectivity index (χ3v) is 7.66. The second-order valence-corrected chi connectivity index (χ2v) is 10.5. The second kappa shape index (κ2) is 12.5. The quantitative estimate of drug-likeness (QED) is 0.360. The first kappa shape index (κ1) is 27.0. The molecule has 2 unspecified atom stereocenters. The van der Waals surface area contributed by atoms with Gasteiger partial charge < -0.3 is 21.1 Å². The topological polar surface area (TPSA) is 124 Å². The summed E-state index contributed by atoms with van der Waals surface area (Å²) in [7, 11) is 0. The van der Waals surface area contributed by atoms with Crippen LogP contribution in [0.3, 0.4) is 0 Å². The minimum atomic E-state index is -0.768. The Hall–Kier alpha value is -3.60. The van der Waals surface area contributed by atoms with Crippen molar-refractivity contribution in [2.24, 2.45) is 5.73 Å². The molecule has 3 aromatic rings. The van der Waals surface area contributed by atoms with Crippen molar-refractivity contribution in [2.45, 2.75) is 44.8 Å². The highest BCUT2D eigenvalue weighted by molar-refractivity contribution is 5.69. The Morgan fingerprint density at radius 3 is 2.72 bits per heavy atom. The van der Waals surface area contributed by atoms with Gasteiger partial charge in [0, 0.05) is 74.6 Å². The first-order valence-corrected chi connectivity index (χ1v) is 13.8. The molecule has 0 saturated carbocycles. The third-order valence-electron chi connectivity index (χ3n) is 7.66. The Morgan fingerprint density at radius 1 is 1.10 bits per heavy atom. The lowest BCUT2D eigenvalue weighted by Gasteiger charge is -2.39. The molecule has 10 heteroatoms. The SMILES string of the molecule is CC1CN(CC(=O)O)CCN1Cc1cccc(Nc2cc(-c3cnc(N4CCCC4CCN)nc3)ccn2)c1. The van der Waals surface area contributed by atoms with E-state index in [4.69, 9.17) is 10.8 Å².